The first-order valence-corrected chi connectivity index (χ1v) is 10.2. The third-order valence-corrected chi connectivity index (χ3v) is 5.41. The number of rotatable bonds is 5. The molecule has 166 valence electrons. The lowest BCUT2D eigenvalue weighted by Gasteiger charge is -2.15. The molecule has 0 radical (unpaired) electrons. The molecular weight excluding hydrogens is 428 g/mol. The van der Waals surface area contributed by atoms with Gasteiger partial charge < -0.3 is 16.0 Å². The van der Waals surface area contributed by atoms with Crippen LogP contribution in [0.1, 0.15) is 11.3 Å². The molecule has 5 rings (SSSR count). The van der Waals surface area contributed by atoms with Gasteiger partial charge in [-0.3, -0.25) is 9.20 Å². The van der Waals surface area contributed by atoms with Gasteiger partial charge in [-0.25, -0.2) is 13.8 Å². The Morgan fingerprint density at radius 1 is 1.12 bits per heavy atom. The number of aromatic nitrogens is 5. The second-order valence-electron chi connectivity index (χ2n) is 7.64. The summed E-state index contributed by atoms with van der Waals surface area (Å²) in [6, 6.07) is 10.4. The zero-order chi connectivity index (χ0) is 23.1. The minimum atomic E-state index is -0.749. The fourth-order valence-corrected chi connectivity index (χ4v) is 4.02. The molecule has 0 fully saturated rings. The first kappa shape index (κ1) is 20.6. The number of nitrogens with two attached hydrogens (primary N) is 1. The van der Waals surface area contributed by atoms with Gasteiger partial charge >= 0.3 is 0 Å². The maximum atomic E-state index is 14.0. The Bertz CT molecular complexity index is 1550. The second kappa shape index (κ2) is 7.97. The van der Waals surface area contributed by atoms with Gasteiger partial charge in [0.1, 0.15) is 17.2 Å². The highest BCUT2D eigenvalue weighted by Gasteiger charge is 2.16. The van der Waals surface area contributed by atoms with Crippen LogP contribution in [-0.2, 0) is 6.42 Å². The minimum Gasteiger partial charge on any atom is -0.368 e. The molecule has 0 spiro atoms. The average Bonchev–Trinajstić information content (AvgIpc) is 3.21. The summed E-state index contributed by atoms with van der Waals surface area (Å²) in [7, 11) is 0. The Balaban J connectivity index is 1.58. The molecule has 0 aliphatic carbocycles. The molecule has 5 aromatic rings. The summed E-state index contributed by atoms with van der Waals surface area (Å²) in [5, 5.41) is 3.17. The largest absolute Gasteiger partial charge is 0.368 e. The Morgan fingerprint density at radius 3 is 2.70 bits per heavy atom. The van der Waals surface area contributed by atoms with Gasteiger partial charge in [0.2, 0.25) is 5.95 Å². The van der Waals surface area contributed by atoms with Gasteiger partial charge in [-0.2, -0.15) is 9.97 Å². The third-order valence-electron chi connectivity index (χ3n) is 5.41. The van der Waals surface area contributed by atoms with Crippen molar-refractivity contribution in [3.8, 4) is 11.1 Å². The smallest absolute Gasteiger partial charge is 0.263 e. The maximum Gasteiger partial charge on any atom is 0.263 e. The number of fused-ring (bicyclic) bond motifs is 2. The van der Waals surface area contributed by atoms with Crippen LogP contribution in [-0.4, -0.2) is 30.9 Å². The Hall–Kier alpha value is -4.34. The highest BCUT2D eigenvalue weighted by atomic mass is 19.1. The molecule has 4 N–H and O–H groups in total. The van der Waals surface area contributed by atoms with Crippen molar-refractivity contribution < 1.29 is 8.78 Å². The van der Waals surface area contributed by atoms with E-state index in [0.717, 1.165) is 11.8 Å². The van der Waals surface area contributed by atoms with Gasteiger partial charge in [-0.1, -0.05) is 6.07 Å². The molecule has 0 atom stereocenters. The predicted octanol–water partition coefficient (Wildman–Crippen LogP) is 3.46. The number of aromatic amines is 1. The fourth-order valence-electron chi connectivity index (χ4n) is 4.02. The Labute approximate surface area is 186 Å². The van der Waals surface area contributed by atoms with E-state index in [2.05, 4.69) is 25.3 Å². The fraction of sp³-hybridized carbons (Fsp3) is 0.130. The zero-order valence-corrected chi connectivity index (χ0v) is 17.6. The quantitative estimate of drug-likeness (QED) is 0.380. The number of pyridine rings is 2. The second-order valence-corrected chi connectivity index (χ2v) is 7.64. The molecule has 8 nitrogen and oxygen atoms in total. The van der Waals surface area contributed by atoms with Crippen molar-refractivity contribution in [2.24, 2.45) is 0 Å². The Kier molecular flexibility index (Phi) is 4.97. The highest BCUT2D eigenvalue weighted by molar-refractivity contribution is 5.83. The number of hydrogen-bond acceptors (Lipinski definition) is 6. The molecule has 0 aliphatic heterocycles. The molecule has 0 unspecified atom stereocenters. The molecule has 0 amide bonds. The first-order chi connectivity index (χ1) is 15.9. The molecule has 10 heteroatoms. The van der Waals surface area contributed by atoms with Crippen molar-refractivity contribution in [2.45, 2.75) is 13.3 Å². The molecule has 1 aromatic carbocycles. The van der Waals surface area contributed by atoms with Crippen molar-refractivity contribution in [3.63, 3.8) is 0 Å². The van der Waals surface area contributed by atoms with Crippen LogP contribution in [0.3, 0.4) is 0 Å². The van der Waals surface area contributed by atoms with E-state index in [1.165, 1.54) is 22.9 Å². The summed E-state index contributed by atoms with van der Waals surface area (Å²) in [6.07, 6.45) is 1.87. The van der Waals surface area contributed by atoms with Gasteiger partial charge in [0.05, 0.1) is 11.9 Å². The van der Waals surface area contributed by atoms with Gasteiger partial charge in [-0.15, -0.1) is 0 Å². The average molecular weight is 447 g/mol. The van der Waals surface area contributed by atoms with Crippen LogP contribution >= 0.6 is 0 Å². The van der Waals surface area contributed by atoms with Gasteiger partial charge in [-0.05, 0) is 54.8 Å². The Morgan fingerprint density at radius 2 is 1.91 bits per heavy atom. The number of H-pyrrole nitrogens is 1. The van der Waals surface area contributed by atoms with E-state index in [0.29, 0.717) is 41.0 Å². The number of nitrogen functional groups attached to an aromatic ring is 1. The molecule has 0 saturated carbocycles. The van der Waals surface area contributed by atoms with Gasteiger partial charge in [0.25, 0.3) is 5.56 Å². The van der Waals surface area contributed by atoms with Crippen LogP contribution in [0, 0.1) is 18.6 Å². The van der Waals surface area contributed by atoms with Crippen LogP contribution in [0.2, 0.25) is 0 Å². The maximum absolute atomic E-state index is 14.0. The molecule has 0 bridgehead atoms. The van der Waals surface area contributed by atoms with Crippen LogP contribution in [0.15, 0.2) is 53.6 Å². The summed E-state index contributed by atoms with van der Waals surface area (Å²) in [5.74, 6) is -0.962. The summed E-state index contributed by atoms with van der Waals surface area (Å²) in [5.41, 5.74) is 8.94. The van der Waals surface area contributed by atoms with Crippen molar-refractivity contribution in [2.75, 3.05) is 17.6 Å². The molecule has 0 aliphatic rings. The third kappa shape index (κ3) is 3.75. The predicted molar refractivity (Wildman–Crippen MR) is 122 cm³/mol. The molecule has 33 heavy (non-hydrogen) atoms. The van der Waals surface area contributed by atoms with Crippen molar-refractivity contribution in [3.05, 3.63) is 82.0 Å². The van der Waals surface area contributed by atoms with Crippen molar-refractivity contribution in [1.82, 2.24) is 24.3 Å². The number of halogens is 2. The number of anilines is 2. The van der Waals surface area contributed by atoms with Gasteiger partial charge in [0.15, 0.2) is 11.5 Å². The van der Waals surface area contributed by atoms with E-state index in [-0.39, 0.29) is 22.6 Å². The topological polar surface area (TPSA) is 114 Å². The minimum absolute atomic E-state index is 0.0876. The lowest BCUT2D eigenvalue weighted by molar-refractivity contribution is 0.584. The number of aryl methyl sites for hydroxylation is 1. The summed E-state index contributed by atoms with van der Waals surface area (Å²) in [6.45, 7) is 2.17. The summed E-state index contributed by atoms with van der Waals surface area (Å²) >= 11 is 0. The van der Waals surface area contributed by atoms with Crippen LogP contribution < -0.4 is 16.6 Å². The lowest BCUT2D eigenvalue weighted by Crippen LogP contribution is -2.21. The highest BCUT2D eigenvalue weighted by Crippen LogP contribution is 2.25. The zero-order valence-electron chi connectivity index (χ0n) is 17.6. The number of nitrogens with one attached hydrogen (secondary N) is 2. The van der Waals surface area contributed by atoms with Gasteiger partial charge in [0, 0.05) is 23.8 Å². The van der Waals surface area contributed by atoms with Crippen LogP contribution in [0.5, 0.6) is 0 Å². The standard InChI is InChI=1S/C23H19F2N7O/c1-12-3-2-4-17-9-13(5-6-27-20-19-21(29-11-28-19)31-23(26)30-20)18(22(33)32(12)17)14-7-15(24)10-16(25)8-14/h2-4,7-11H,5-6H2,1H3,(H4,26,27,28,29,30,31). The van der Waals surface area contributed by atoms with Crippen molar-refractivity contribution >= 4 is 28.4 Å². The first-order valence-electron chi connectivity index (χ1n) is 10.2. The van der Waals surface area contributed by atoms with Crippen LogP contribution in [0.25, 0.3) is 27.8 Å². The summed E-state index contributed by atoms with van der Waals surface area (Å²) in [4.78, 5) is 28.8. The molecule has 4 heterocycles. The van der Waals surface area contributed by atoms with Crippen LogP contribution in [0.4, 0.5) is 20.5 Å². The monoisotopic (exact) mass is 447 g/mol. The van der Waals surface area contributed by atoms with Crippen molar-refractivity contribution in [1.29, 1.82) is 0 Å². The van der Waals surface area contributed by atoms with E-state index in [1.807, 2.05) is 18.2 Å². The lowest BCUT2D eigenvalue weighted by atomic mass is 9.98. The van der Waals surface area contributed by atoms with E-state index >= 15 is 0 Å². The van der Waals surface area contributed by atoms with E-state index < -0.39 is 11.6 Å². The SMILES string of the molecule is Cc1cccc2cc(CCNc3nc(N)nc4[nH]cnc34)c(-c3cc(F)cc(F)c3)c(=O)n12. The van der Waals surface area contributed by atoms with E-state index in [4.69, 9.17) is 5.73 Å². The van der Waals surface area contributed by atoms with E-state index in [1.54, 1.807) is 13.0 Å². The number of nitrogens with zero attached hydrogens (tertiary/aromatic N) is 4. The molecule has 4 aromatic heterocycles. The van der Waals surface area contributed by atoms with E-state index in [9.17, 15) is 13.6 Å². The molecular formula is C23H19F2N7O. The molecule has 0 saturated heterocycles. The number of hydrogen-bond donors (Lipinski definition) is 3. The summed E-state index contributed by atoms with van der Waals surface area (Å²) < 4.78 is 29.5. The number of benzene rings is 1. The number of imidazole rings is 1. The normalized spacial score (nSPS) is 11.4.